The molecule has 1 rings (SSSR count). The van der Waals surface area contributed by atoms with Crippen LogP contribution in [-0.2, 0) is 0 Å². The summed E-state index contributed by atoms with van der Waals surface area (Å²) < 4.78 is 5.56. The van der Waals surface area contributed by atoms with Gasteiger partial charge < -0.3 is 9.84 Å². The summed E-state index contributed by atoms with van der Waals surface area (Å²) >= 11 is 0. The standard InChI is InChI=1S/C13H20O2/c1-3-13(14)11(2)9-10-15-12-7-5-4-6-8-12/h4-8,11,13-14H,3,9-10H2,1-2H3. The number of benzene rings is 1. The highest BCUT2D eigenvalue weighted by atomic mass is 16.5. The summed E-state index contributed by atoms with van der Waals surface area (Å²) in [6.45, 7) is 4.73. The monoisotopic (exact) mass is 208 g/mol. The summed E-state index contributed by atoms with van der Waals surface area (Å²) in [5, 5.41) is 9.57. The second-order valence-electron chi connectivity index (χ2n) is 3.90. The van der Waals surface area contributed by atoms with Gasteiger partial charge in [-0.05, 0) is 30.9 Å². The summed E-state index contributed by atoms with van der Waals surface area (Å²) in [4.78, 5) is 0. The van der Waals surface area contributed by atoms with Gasteiger partial charge in [0.1, 0.15) is 5.75 Å². The van der Waals surface area contributed by atoms with Crippen LogP contribution in [0.3, 0.4) is 0 Å². The Labute approximate surface area is 91.9 Å². The molecule has 1 aromatic carbocycles. The third kappa shape index (κ3) is 4.34. The molecule has 15 heavy (non-hydrogen) atoms. The Morgan fingerprint density at radius 2 is 1.93 bits per heavy atom. The summed E-state index contributed by atoms with van der Waals surface area (Å²) in [5.41, 5.74) is 0. The van der Waals surface area contributed by atoms with Crippen LogP contribution in [0, 0.1) is 5.92 Å². The molecule has 0 fully saturated rings. The van der Waals surface area contributed by atoms with Gasteiger partial charge in [0.05, 0.1) is 12.7 Å². The van der Waals surface area contributed by atoms with Crippen molar-refractivity contribution in [3.63, 3.8) is 0 Å². The van der Waals surface area contributed by atoms with E-state index < -0.39 is 0 Å². The molecule has 2 unspecified atom stereocenters. The second-order valence-corrected chi connectivity index (χ2v) is 3.90. The lowest BCUT2D eigenvalue weighted by atomic mass is 10.00. The van der Waals surface area contributed by atoms with Crippen molar-refractivity contribution < 1.29 is 9.84 Å². The van der Waals surface area contributed by atoms with Crippen LogP contribution in [0.15, 0.2) is 30.3 Å². The van der Waals surface area contributed by atoms with Crippen molar-refractivity contribution in [1.29, 1.82) is 0 Å². The number of hydrogen-bond acceptors (Lipinski definition) is 2. The largest absolute Gasteiger partial charge is 0.494 e. The minimum absolute atomic E-state index is 0.204. The van der Waals surface area contributed by atoms with E-state index in [1.165, 1.54) is 0 Å². The molecule has 0 bridgehead atoms. The molecule has 0 spiro atoms. The lowest BCUT2D eigenvalue weighted by molar-refractivity contribution is 0.0981. The van der Waals surface area contributed by atoms with Crippen molar-refractivity contribution in [3.05, 3.63) is 30.3 Å². The van der Waals surface area contributed by atoms with E-state index in [0.717, 1.165) is 18.6 Å². The van der Waals surface area contributed by atoms with Gasteiger partial charge in [-0.1, -0.05) is 32.0 Å². The van der Waals surface area contributed by atoms with Crippen LogP contribution in [0.4, 0.5) is 0 Å². The van der Waals surface area contributed by atoms with Crippen LogP contribution >= 0.6 is 0 Å². The molecule has 0 aromatic heterocycles. The molecule has 2 nitrogen and oxygen atoms in total. The van der Waals surface area contributed by atoms with Crippen LogP contribution in [0.25, 0.3) is 0 Å². The van der Waals surface area contributed by atoms with Crippen molar-refractivity contribution >= 4 is 0 Å². The number of aliphatic hydroxyl groups excluding tert-OH is 1. The molecule has 0 aliphatic heterocycles. The van der Waals surface area contributed by atoms with Crippen LogP contribution in [0.2, 0.25) is 0 Å². The van der Waals surface area contributed by atoms with E-state index in [1.807, 2.05) is 37.3 Å². The van der Waals surface area contributed by atoms with E-state index in [2.05, 4.69) is 6.92 Å². The zero-order valence-electron chi connectivity index (χ0n) is 9.52. The number of hydrogen-bond donors (Lipinski definition) is 1. The average Bonchev–Trinajstić information content (AvgIpc) is 2.29. The predicted octanol–water partition coefficient (Wildman–Crippen LogP) is 2.86. The molecule has 0 saturated heterocycles. The maximum atomic E-state index is 9.57. The SMILES string of the molecule is CCC(O)C(C)CCOc1ccccc1. The minimum atomic E-state index is -0.204. The average molecular weight is 208 g/mol. The lowest BCUT2D eigenvalue weighted by Crippen LogP contribution is -2.18. The first-order valence-electron chi connectivity index (χ1n) is 5.60. The fraction of sp³-hybridized carbons (Fsp3) is 0.538. The molecule has 1 N–H and O–H groups in total. The van der Waals surface area contributed by atoms with E-state index in [0.29, 0.717) is 12.5 Å². The van der Waals surface area contributed by atoms with E-state index >= 15 is 0 Å². The van der Waals surface area contributed by atoms with Gasteiger partial charge in [-0.15, -0.1) is 0 Å². The first-order chi connectivity index (χ1) is 7.24. The summed E-state index contributed by atoms with van der Waals surface area (Å²) in [6, 6.07) is 9.78. The number of ether oxygens (including phenoxy) is 1. The summed E-state index contributed by atoms with van der Waals surface area (Å²) in [6.07, 6.45) is 1.50. The van der Waals surface area contributed by atoms with Crippen LogP contribution < -0.4 is 4.74 Å². The van der Waals surface area contributed by atoms with Gasteiger partial charge in [0.2, 0.25) is 0 Å². The Morgan fingerprint density at radius 1 is 1.27 bits per heavy atom. The smallest absolute Gasteiger partial charge is 0.119 e. The molecule has 2 atom stereocenters. The summed E-state index contributed by atoms with van der Waals surface area (Å²) in [7, 11) is 0. The fourth-order valence-electron chi connectivity index (χ4n) is 1.47. The minimum Gasteiger partial charge on any atom is -0.494 e. The predicted molar refractivity (Wildman–Crippen MR) is 62.0 cm³/mol. The molecule has 0 amide bonds. The third-order valence-electron chi connectivity index (χ3n) is 2.66. The second kappa shape index (κ2) is 6.46. The van der Waals surface area contributed by atoms with Crippen LogP contribution in [-0.4, -0.2) is 17.8 Å². The van der Waals surface area contributed by atoms with E-state index in [-0.39, 0.29) is 6.10 Å². The molecule has 0 heterocycles. The molecule has 0 radical (unpaired) electrons. The lowest BCUT2D eigenvalue weighted by Gasteiger charge is -2.17. The van der Waals surface area contributed by atoms with Crippen molar-refractivity contribution in [2.24, 2.45) is 5.92 Å². The molecule has 0 aliphatic rings. The Balaban J connectivity index is 2.22. The zero-order valence-corrected chi connectivity index (χ0v) is 9.52. The van der Waals surface area contributed by atoms with Crippen molar-refractivity contribution in [1.82, 2.24) is 0 Å². The van der Waals surface area contributed by atoms with Crippen molar-refractivity contribution in [2.45, 2.75) is 32.8 Å². The van der Waals surface area contributed by atoms with Crippen LogP contribution in [0.1, 0.15) is 26.7 Å². The molecular weight excluding hydrogens is 188 g/mol. The van der Waals surface area contributed by atoms with E-state index in [4.69, 9.17) is 4.74 Å². The van der Waals surface area contributed by atoms with Crippen LogP contribution in [0.5, 0.6) is 5.75 Å². The third-order valence-corrected chi connectivity index (χ3v) is 2.66. The molecule has 2 heteroatoms. The normalized spacial score (nSPS) is 14.6. The number of rotatable bonds is 6. The Kier molecular flexibility index (Phi) is 5.19. The first kappa shape index (κ1) is 12.1. The van der Waals surface area contributed by atoms with Gasteiger partial charge in [0.15, 0.2) is 0 Å². The van der Waals surface area contributed by atoms with Gasteiger partial charge in [-0.3, -0.25) is 0 Å². The highest BCUT2D eigenvalue weighted by Gasteiger charge is 2.11. The van der Waals surface area contributed by atoms with E-state index in [1.54, 1.807) is 0 Å². The van der Waals surface area contributed by atoms with Gasteiger partial charge in [-0.25, -0.2) is 0 Å². The highest BCUT2D eigenvalue weighted by molar-refractivity contribution is 5.20. The molecule has 84 valence electrons. The van der Waals surface area contributed by atoms with Crippen molar-refractivity contribution in [2.75, 3.05) is 6.61 Å². The summed E-state index contributed by atoms with van der Waals surface area (Å²) in [5.74, 6) is 1.20. The maximum absolute atomic E-state index is 9.57. The van der Waals surface area contributed by atoms with Gasteiger partial charge in [-0.2, -0.15) is 0 Å². The molecule has 1 aromatic rings. The van der Waals surface area contributed by atoms with Crippen molar-refractivity contribution in [3.8, 4) is 5.75 Å². The Hall–Kier alpha value is -1.02. The number of aliphatic hydroxyl groups is 1. The first-order valence-corrected chi connectivity index (χ1v) is 5.60. The fourth-order valence-corrected chi connectivity index (χ4v) is 1.47. The van der Waals surface area contributed by atoms with Gasteiger partial charge in [0, 0.05) is 0 Å². The molecule has 0 saturated carbocycles. The van der Waals surface area contributed by atoms with E-state index in [9.17, 15) is 5.11 Å². The molecule has 0 aliphatic carbocycles. The number of para-hydroxylation sites is 1. The topological polar surface area (TPSA) is 29.5 Å². The molecular formula is C13H20O2. The highest BCUT2D eigenvalue weighted by Crippen LogP contribution is 2.13. The Bertz CT molecular complexity index is 258. The quantitative estimate of drug-likeness (QED) is 0.779. The van der Waals surface area contributed by atoms with Gasteiger partial charge in [0.25, 0.3) is 0 Å². The maximum Gasteiger partial charge on any atom is 0.119 e. The zero-order chi connectivity index (χ0) is 11.1. The van der Waals surface area contributed by atoms with Gasteiger partial charge >= 0.3 is 0 Å². The Morgan fingerprint density at radius 3 is 2.53 bits per heavy atom.